The summed E-state index contributed by atoms with van der Waals surface area (Å²) in [6.07, 6.45) is 0.316. The van der Waals surface area contributed by atoms with Crippen LogP contribution in [0.2, 0.25) is 0 Å². The minimum absolute atomic E-state index is 0.132. The van der Waals surface area contributed by atoms with Crippen molar-refractivity contribution < 1.29 is 9.84 Å². The molecule has 1 aliphatic heterocycles. The molecule has 2 unspecified atom stereocenters. The van der Waals surface area contributed by atoms with Gasteiger partial charge in [0.25, 0.3) is 0 Å². The van der Waals surface area contributed by atoms with Crippen molar-refractivity contribution in [2.24, 2.45) is 0 Å². The average molecular weight is 308 g/mol. The van der Waals surface area contributed by atoms with Gasteiger partial charge in [0.15, 0.2) is 5.75 Å². The van der Waals surface area contributed by atoms with Crippen molar-refractivity contribution in [2.45, 2.75) is 65.8 Å². The number of hydrogen-bond acceptors (Lipinski definition) is 4. The van der Waals surface area contributed by atoms with Crippen LogP contribution in [0.1, 0.15) is 46.0 Å². The molecule has 124 valence electrons. The number of morpholine rings is 1. The normalized spacial score (nSPS) is 23.7. The minimum Gasteiger partial charge on any atom is -0.503 e. The van der Waals surface area contributed by atoms with Gasteiger partial charge in [-0.15, -0.1) is 0 Å². The van der Waals surface area contributed by atoms with Crippen LogP contribution in [0.25, 0.3) is 0 Å². The van der Waals surface area contributed by atoms with Gasteiger partial charge in [-0.05, 0) is 41.5 Å². The van der Waals surface area contributed by atoms with E-state index in [0.29, 0.717) is 12.2 Å². The van der Waals surface area contributed by atoms with E-state index in [1.165, 1.54) is 6.07 Å². The standard InChI is InChI=1S/C17H28N2O3/c1-11-7-15(20)16(21)14(19(11)17(4,5)6)10-18-8-12(2)22-13(3)9-18/h7,12-13,21H,8-10H2,1-6H3. The van der Waals surface area contributed by atoms with E-state index in [1.54, 1.807) is 0 Å². The van der Waals surface area contributed by atoms with Gasteiger partial charge in [-0.3, -0.25) is 9.69 Å². The van der Waals surface area contributed by atoms with Crippen molar-refractivity contribution in [2.75, 3.05) is 13.1 Å². The fourth-order valence-corrected chi connectivity index (χ4v) is 3.49. The molecule has 0 bridgehead atoms. The Morgan fingerprint density at radius 2 is 1.82 bits per heavy atom. The summed E-state index contributed by atoms with van der Waals surface area (Å²) < 4.78 is 7.82. The van der Waals surface area contributed by atoms with Gasteiger partial charge < -0.3 is 14.4 Å². The molecule has 0 aromatic carbocycles. The van der Waals surface area contributed by atoms with Gasteiger partial charge in [-0.1, -0.05) is 0 Å². The molecule has 1 N–H and O–H groups in total. The second-order valence-corrected chi connectivity index (χ2v) is 7.40. The second kappa shape index (κ2) is 6.05. The largest absolute Gasteiger partial charge is 0.503 e. The summed E-state index contributed by atoms with van der Waals surface area (Å²) in [7, 11) is 0. The minimum atomic E-state index is -0.303. The first-order chi connectivity index (χ1) is 10.1. The van der Waals surface area contributed by atoms with Crippen LogP contribution in [-0.2, 0) is 16.8 Å². The van der Waals surface area contributed by atoms with E-state index in [2.05, 4.69) is 44.1 Å². The molecule has 5 nitrogen and oxygen atoms in total. The summed E-state index contributed by atoms with van der Waals surface area (Å²) in [6.45, 7) is 14.4. The molecule has 2 rings (SSSR count). The third kappa shape index (κ3) is 3.52. The SMILES string of the molecule is Cc1cc(=O)c(O)c(CN2CC(C)OC(C)C2)n1C(C)(C)C. The Morgan fingerprint density at radius 3 is 2.32 bits per heavy atom. The molecule has 1 aromatic rings. The molecule has 2 atom stereocenters. The number of aromatic nitrogens is 1. The highest BCUT2D eigenvalue weighted by Gasteiger charge is 2.27. The molecule has 0 saturated carbocycles. The Balaban J connectivity index is 2.43. The van der Waals surface area contributed by atoms with E-state index in [0.717, 1.165) is 18.8 Å². The summed E-state index contributed by atoms with van der Waals surface area (Å²) in [5.74, 6) is -0.132. The molecule has 5 heteroatoms. The lowest BCUT2D eigenvalue weighted by atomic mass is 10.0. The van der Waals surface area contributed by atoms with Crippen LogP contribution in [0.15, 0.2) is 10.9 Å². The van der Waals surface area contributed by atoms with Crippen LogP contribution in [0, 0.1) is 6.92 Å². The predicted octanol–water partition coefficient (Wildman–Crippen LogP) is 2.23. The third-order valence-electron chi connectivity index (χ3n) is 4.01. The maximum absolute atomic E-state index is 12.0. The summed E-state index contributed by atoms with van der Waals surface area (Å²) in [5.41, 5.74) is 1.06. The first kappa shape index (κ1) is 17.0. The molecule has 0 aliphatic carbocycles. The van der Waals surface area contributed by atoms with Crippen molar-refractivity contribution in [3.63, 3.8) is 0 Å². The Bertz CT molecular complexity index is 591. The van der Waals surface area contributed by atoms with Gasteiger partial charge in [0.05, 0.1) is 17.9 Å². The maximum Gasteiger partial charge on any atom is 0.223 e. The van der Waals surface area contributed by atoms with Gasteiger partial charge >= 0.3 is 0 Å². The highest BCUT2D eigenvalue weighted by atomic mass is 16.5. The van der Waals surface area contributed by atoms with Crippen molar-refractivity contribution >= 4 is 0 Å². The molecule has 22 heavy (non-hydrogen) atoms. The fraction of sp³-hybridized carbons (Fsp3) is 0.706. The lowest BCUT2D eigenvalue weighted by Crippen LogP contribution is -2.45. The van der Waals surface area contributed by atoms with Crippen LogP contribution in [0.4, 0.5) is 0 Å². The highest BCUT2D eigenvalue weighted by Crippen LogP contribution is 2.26. The average Bonchev–Trinajstić information content (AvgIpc) is 2.32. The molecular weight excluding hydrogens is 280 g/mol. The number of nitrogens with zero attached hydrogens (tertiary/aromatic N) is 2. The van der Waals surface area contributed by atoms with Crippen LogP contribution in [-0.4, -0.2) is 39.9 Å². The molecule has 0 radical (unpaired) electrons. The van der Waals surface area contributed by atoms with E-state index >= 15 is 0 Å². The molecule has 1 aliphatic rings. The van der Waals surface area contributed by atoms with Crippen LogP contribution in [0.5, 0.6) is 5.75 Å². The first-order valence-electron chi connectivity index (χ1n) is 7.92. The predicted molar refractivity (Wildman–Crippen MR) is 87.4 cm³/mol. The van der Waals surface area contributed by atoms with Gasteiger partial charge in [-0.2, -0.15) is 0 Å². The van der Waals surface area contributed by atoms with E-state index in [4.69, 9.17) is 4.74 Å². The van der Waals surface area contributed by atoms with Crippen LogP contribution < -0.4 is 5.43 Å². The molecule has 2 heterocycles. The lowest BCUT2D eigenvalue weighted by molar-refractivity contribution is -0.0713. The number of aryl methyl sites for hydroxylation is 1. The molecule has 1 fully saturated rings. The van der Waals surface area contributed by atoms with E-state index in [1.807, 2.05) is 6.92 Å². The van der Waals surface area contributed by atoms with Crippen molar-refractivity contribution in [3.05, 3.63) is 27.7 Å². The Hall–Kier alpha value is -1.33. The Kier molecular flexibility index (Phi) is 4.68. The highest BCUT2D eigenvalue weighted by molar-refractivity contribution is 5.31. The zero-order valence-corrected chi connectivity index (χ0v) is 14.5. The Morgan fingerprint density at radius 1 is 1.27 bits per heavy atom. The zero-order valence-electron chi connectivity index (χ0n) is 14.5. The van der Waals surface area contributed by atoms with Gasteiger partial charge in [0, 0.05) is 36.9 Å². The zero-order chi connectivity index (χ0) is 16.7. The summed E-state index contributed by atoms with van der Waals surface area (Å²) >= 11 is 0. The van der Waals surface area contributed by atoms with Gasteiger partial charge in [0.2, 0.25) is 5.43 Å². The molecule has 1 aromatic heterocycles. The van der Waals surface area contributed by atoms with Crippen LogP contribution in [0.3, 0.4) is 0 Å². The first-order valence-corrected chi connectivity index (χ1v) is 7.92. The van der Waals surface area contributed by atoms with E-state index in [9.17, 15) is 9.90 Å². The monoisotopic (exact) mass is 308 g/mol. The van der Waals surface area contributed by atoms with Crippen molar-refractivity contribution in [3.8, 4) is 5.75 Å². The third-order valence-corrected chi connectivity index (χ3v) is 4.01. The molecular formula is C17H28N2O3. The topological polar surface area (TPSA) is 54.7 Å². The van der Waals surface area contributed by atoms with Gasteiger partial charge in [0.1, 0.15) is 0 Å². The number of aromatic hydroxyl groups is 1. The van der Waals surface area contributed by atoms with Gasteiger partial charge in [-0.25, -0.2) is 0 Å². The summed E-state index contributed by atoms with van der Waals surface area (Å²) in [4.78, 5) is 14.2. The maximum atomic E-state index is 12.0. The fourth-order valence-electron chi connectivity index (χ4n) is 3.49. The molecule has 0 amide bonds. The van der Waals surface area contributed by atoms with E-state index < -0.39 is 0 Å². The number of ether oxygens (including phenoxy) is 1. The van der Waals surface area contributed by atoms with Crippen molar-refractivity contribution in [1.82, 2.24) is 9.47 Å². The number of rotatable bonds is 2. The molecule has 1 saturated heterocycles. The number of pyridine rings is 1. The Labute approximate surface area is 132 Å². The summed E-state index contributed by atoms with van der Waals surface area (Å²) in [6, 6.07) is 1.51. The molecule has 0 spiro atoms. The van der Waals surface area contributed by atoms with E-state index in [-0.39, 0.29) is 28.9 Å². The summed E-state index contributed by atoms with van der Waals surface area (Å²) in [5, 5.41) is 10.3. The van der Waals surface area contributed by atoms with Crippen LogP contribution >= 0.6 is 0 Å². The lowest BCUT2D eigenvalue weighted by Gasteiger charge is -2.37. The number of hydrogen-bond donors (Lipinski definition) is 1. The second-order valence-electron chi connectivity index (χ2n) is 7.40. The van der Waals surface area contributed by atoms with Crippen molar-refractivity contribution in [1.29, 1.82) is 0 Å². The quantitative estimate of drug-likeness (QED) is 0.910. The smallest absolute Gasteiger partial charge is 0.223 e.